The quantitative estimate of drug-likeness (QED) is 0.370. The summed E-state index contributed by atoms with van der Waals surface area (Å²) in [6.07, 6.45) is 6.56. The van der Waals surface area contributed by atoms with Gasteiger partial charge >= 0.3 is 23.8 Å². The Morgan fingerprint density at radius 3 is 0.944 bits per heavy atom. The van der Waals surface area contributed by atoms with Gasteiger partial charge in [0.2, 0.25) is 0 Å². The van der Waals surface area contributed by atoms with Crippen molar-refractivity contribution in [1.29, 1.82) is 0 Å². The molecule has 0 aliphatic rings. The molecule has 0 spiro atoms. The van der Waals surface area contributed by atoms with Gasteiger partial charge in [-0.25, -0.2) is 9.59 Å². The molecule has 0 radical (unpaired) electrons. The third kappa shape index (κ3) is 15.4. The minimum atomic E-state index is -1.60. The lowest BCUT2D eigenvalue weighted by Crippen LogP contribution is -2.21. The molecule has 0 atom stereocenters. The summed E-state index contributed by atoms with van der Waals surface area (Å²) in [5.74, 6) is -5.85. The van der Waals surface area contributed by atoms with E-state index in [1.54, 1.807) is 24.8 Å². The van der Waals surface area contributed by atoms with E-state index in [9.17, 15) is 19.2 Å². The Hall–Kier alpha value is -3.04. The van der Waals surface area contributed by atoms with E-state index in [-0.39, 0.29) is 0 Å². The number of carboxylic acids is 2. The van der Waals surface area contributed by atoms with Crippen LogP contribution in [0.3, 0.4) is 0 Å². The van der Waals surface area contributed by atoms with Gasteiger partial charge in [-0.05, 0) is 0 Å². The summed E-state index contributed by atoms with van der Waals surface area (Å²) in [5, 5.41) is 15.0. The van der Waals surface area contributed by atoms with E-state index in [2.05, 4.69) is 21.4 Å². The second-order valence-electron chi connectivity index (χ2n) is 2.23. The minimum absolute atomic E-state index is 1.32. The predicted octanol–water partition coefficient (Wildman–Crippen LogP) is -2.41. The molecule has 0 aliphatic carbocycles. The molecule has 1 rings (SSSR count). The van der Waals surface area contributed by atoms with Gasteiger partial charge in [-0.3, -0.25) is 19.6 Å². The molecule has 2 amide bonds. The molecule has 6 N–H and O–H groups in total. The Kier molecular flexibility index (Phi) is 10.1. The van der Waals surface area contributed by atoms with Crippen molar-refractivity contribution >= 4 is 23.8 Å². The van der Waals surface area contributed by atoms with E-state index in [4.69, 9.17) is 10.2 Å². The number of hydrogen-bond acceptors (Lipinski definition) is 6. The smallest absolute Gasteiger partial charge is 0.394 e. The Bertz CT molecular complexity index is 333. The molecule has 0 unspecified atom stereocenters. The number of carbonyl (C=O) groups excluding carboxylic acids is 2. The fourth-order valence-corrected chi connectivity index (χ4v) is 0.253. The molecule has 0 aliphatic heterocycles. The van der Waals surface area contributed by atoms with Gasteiger partial charge in [0.05, 0.1) is 0 Å². The molecular formula is C8H10N4O6. The van der Waals surface area contributed by atoms with Gasteiger partial charge in [-0.15, -0.1) is 0 Å². The second-order valence-corrected chi connectivity index (χ2v) is 2.23. The molecule has 0 fully saturated rings. The first kappa shape index (κ1) is 17.4. The Morgan fingerprint density at radius 1 is 0.722 bits per heavy atom. The fourth-order valence-electron chi connectivity index (χ4n) is 0.253. The van der Waals surface area contributed by atoms with Crippen molar-refractivity contribution in [2.45, 2.75) is 0 Å². The lowest BCUT2D eigenvalue weighted by molar-refractivity contribution is -0.148. The van der Waals surface area contributed by atoms with Gasteiger partial charge in [0.1, 0.15) is 0 Å². The van der Waals surface area contributed by atoms with Crippen LogP contribution in [0.25, 0.3) is 0 Å². The highest BCUT2D eigenvalue weighted by molar-refractivity contribution is 6.31. The summed E-state index contributed by atoms with van der Waals surface area (Å²) in [4.78, 5) is 44.5. The van der Waals surface area contributed by atoms with E-state index in [0.29, 0.717) is 0 Å². The third-order valence-electron chi connectivity index (χ3n) is 0.899. The minimum Gasteiger partial charge on any atom is -0.474 e. The zero-order chi connectivity index (χ0) is 14.6. The van der Waals surface area contributed by atoms with Crippen molar-refractivity contribution in [2.24, 2.45) is 11.5 Å². The number of aliphatic carboxylic acids is 2. The maximum atomic E-state index is 9.32. The van der Waals surface area contributed by atoms with Gasteiger partial charge in [0.15, 0.2) is 0 Å². The zero-order valence-electron chi connectivity index (χ0n) is 8.89. The normalized spacial score (nSPS) is 7.56. The van der Waals surface area contributed by atoms with Crippen LogP contribution in [0, 0.1) is 0 Å². The summed E-state index contributed by atoms with van der Waals surface area (Å²) >= 11 is 0. The van der Waals surface area contributed by atoms with E-state index < -0.39 is 23.8 Å². The van der Waals surface area contributed by atoms with Crippen LogP contribution in [0.15, 0.2) is 24.8 Å². The molecule has 0 aromatic carbocycles. The maximum absolute atomic E-state index is 9.32. The molecule has 10 heteroatoms. The van der Waals surface area contributed by atoms with Crippen molar-refractivity contribution in [3.05, 3.63) is 24.8 Å². The zero-order valence-corrected chi connectivity index (χ0v) is 8.89. The third-order valence-corrected chi connectivity index (χ3v) is 0.899. The van der Waals surface area contributed by atoms with Crippen molar-refractivity contribution in [3.8, 4) is 0 Å². The summed E-state index contributed by atoms with van der Waals surface area (Å²) < 4.78 is 0. The summed E-state index contributed by atoms with van der Waals surface area (Å²) in [6.45, 7) is 0. The summed E-state index contributed by atoms with van der Waals surface area (Å²) in [7, 11) is 0. The molecule has 0 bridgehead atoms. The van der Waals surface area contributed by atoms with Gasteiger partial charge in [-0.1, -0.05) is 0 Å². The number of aromatic nitrogens is 2. The number of nitrogens with zero attached hydrogens (tertiary/aromatic N) is 2. The van der Waals surface area contributed by atoms with E-state index in [0.717, 1.165) is 0 Å². The summed E-state index contributed by atoms with van der Waals surface area (Å²) in [5.41, 5.74) is 8.39. The molecule has 0 saturated heterocycles. The lowest BCUT2D eigenvalue weighted by atomic mass is 10.7. The van der Waals surface area contributed by atoms with Crippen LogP contribution in [-0.4, -0.2) is 43.9 Å². The van der Waals surface area contributed by atoms with Crippen LogP contribution in [0.1, 0.15) is 0 Å². The van der Waals surface area contributed by atoms with Crippen molar-refractivity contribution in [1.82, 2.24) is 9.97 Å². The van der Waals surface area contributed by atoms with Crippen LogP contribution < -0.4 is 11.5 Å². The van der Waals surface area contributed by atoms with E-state index >= 15 is 0 Å². The maximum Gasteiger partial charge on any atom is 0.394 e. The molecule has 1 heterocycles. The Morgan fingerprint density at radius 2 is 0.889 bits per heavy atom. The highest BCUT2D eigenvalue weighted by Crippen LogP contribution is 1.65. The van der Waals surface area contributed by atoms with Crippen LogP contribution in [0.5, 0.6) is 0 Å². The standard InChI is InChI=1S/C4H4N2.2C2H3NO3/c1-2-6-4-3-5-1;2*3-1(4)2(5)6/h1-4H;2*(H2,3,4)(H,5,6). The number of nitrogens with two attached hydrogens (primary N) is 2. The number of amides is 2. The van der Waals surface area contributed by atoms with E-state index in [1.165, 1.54) is 0 Å². The lowest BCUT2D eigenvalue weighted by Gasteiger charge is -1.74. The largest absolute Gasteiger partial charge is 0.474 e. The molecule has 98 valence electrons. The predicted molar refractivity (Wildman–Crippen MR) is 55.7 cm³/mol. The Labute approximate surface area is 100 Å². The number of rotatable bonds is 0. The summed E-state index contributed by atoms with van der Waals surface area (Å²) in [6, 6.07) is 0. The SMILES string of the molecule is NC(=O)C(=O)O.NC(=O)C(=O)O.c1cnccn1. The topological polar surface area (TPSA) is 187 Å². The fraction of sp³-hybridized carbons (Fsp3) is 0. The average molecular weight is 258 g/mol. The van der Waals surface area contributed by atoms with Gasteiger partial charge in [-0.2, -0.15) is 0 Å². The monoisotopic (exact) mass is 258 g/mol. The molecule has 18 heavy (non-hydrogen) atoms. The number of carboxylic acid groups (broad SMARTS) is 2. The molecule has 10 nitrogen and oxygen atoms in total. The first-order valence-electron chi connectivity index (χ1n) is 4.04. The first-order valence-corrected chi connectivity index (χ1v) is 4.04. The van der Waals surface area contributed by atoms with Crippen LogP contribution in [-0.2, 0) is 19.2 Å². The highest BCUT2D eigenvalue weighted by Gasteiger charge is 2.00. The van der Waals surface area contributed by atoms with E-state index in [1.807, 2.05) is 0 Å². The Balaban J connectivity index is 0. The van der Waals surface area contributed by atoms with Crippen molar-refractivity contribution in [3.63, 3.8) is 0 Å². The second kappa shape index (κ2) is 10.5. The molecular weight excluding hydrogens is 248 g/mol. The number of hydrogen-bond donors (Lipinski definition) is 4. The van der Waals surface area contributed by atoms with Gasteiger partial charge in [0, 0.05) is 24.8 Å². The van der Waals surface area contributed by atoms with Crippen molar-refractivity contribution < 1.29 is 29.4 Å². The van der Waals surface area contributed by atoms with Crippen LogP contribution in [0.4, 0.5) is 0 Å². The van der Waals surface area contributed by atoms with Gasteiger partial charge in [0.25, 0.3) is 0 Å². The van der Waals surface area contributed by atoms with Gasteiger partial charge < -0.3 is 21.7 Å². The number of carbonyl (C=O) groups is 4. The highest BCUT2D eigenvalue weighted by atomic mass is 16.4. The number of primary amides is 2. The first-order chi connectivity index (χ1) is 8.29. The van der Waals surface area contributed by atoms with Crippen LogP contribution >= 0.6 is 0 Å². The van der Waals surface area contributed by atoms with Crippen LogP contribution in [0.2, 0.25) is 0 Å². The van der Waals surface area contributed by atoms with Crippen molar-refractivity contribution in [2.75, 3.05) is 0 Å². The molecule has 1 aromatic heterocycles. The average Bonchev–Trinajstić information content (AvgIpc) is 2.32. The molecule has 1 aromatic rings. The molecule has 0 saturated carbocycles.